The summed E-state index contributed by atoms with van der Waals surface area (Å²) in [6.07, 6.45) is 8.03. The lowest BCUT2D eigenvalue weighted by molar-refractivity contribution is -0.146. The van der Waals surface area contributed by atoms with E-state index in [1.54, 1.807) is 0 Å². The highest BCUT2D eigenvalue weighted by Crippen LogP contribution is 2.32. The molecule has 0 aromatic heterocycles. The Labute approximate surface area is 94.7 Å². The van der Waals surface area contributed by atoms with E-state index in [0.717, 1.165) is 19.3 Å². The molecule has 2 atom stereocenters. The Bertz CT molecular complexity index is 316. The number of aliphatic carboxylic acids is 1. The molecule has 2 aliphatic rings. The number of carbonyl (C=O) groups excluding carboxylic acids is 1. The minimum Gasteiger partial charge on any atom is -0.481 e. The van der Waals surface area contributed by atoms with Crippen molar-refractivity contribution in [1.29, 1.82) is 0 Å². The lowest BCUT2D eigenvalue weighted by Gasteiger charge is -2.19. The molecule has 1 amide bonds. The minimum atomic E-state index is -0.831. The molecule has 0 aliphatic heterocycles. The normalized spacial score (nSPS) is 29.5. The highest BCUT2D eigenvalue weighted by molar-refractivity contribution is 5.85. The van der Waals surface area contributed by atoms with Crippen molar-refractivity contribution < 1.29 is 14.7 Å². The molecule has 1 fully saturated rings. The van der Waals surface area contributed by atoms with Crippen LogP contribution in [0, 0.1) is 11.8 Å². The lowest BCUT2D eigenvalue weighted by atomic mass is 9.95. The van der Waals surface area contributed by atoms with Crippen molar-refractivity contribution in [2.75, 3.05) is 0 Å². The largest absolute Gasteiger partial charge is 0.481 e. The second-order valence-corrected chi connectivity index (χ2v) is 4.63. The zero-order valence-electron chi connectivity index (χ0n) is 9.19. The number of carboxylic acids is 1. The van der Waals surface area contributed by atoms with Crippen LogP contribution >= 0.6 is 0 Å². The van der Waals surface area contributed by atoms with Crippen LogP contribution in [0.25, 0.3) is 0 Å². The van der Waals surface area contributed by atoms with Gasteiger partial charge >= 0.3 is 5.97 Å². The van der Waals surface area contributed by atoms with E-state index in [9.17, 15) is 9.59 Å². The summed E-state index contributed by atoms with van der Waals surface area (Å²) >= 11 is 0. The number of carbonyl (C=O) groups is 2. The van der Waals surface area contributed by atoms with Crippen LogP contribution in [0.4, 0.5) is 0 Å². The zero-order valence-corrected chi connectivity index (χ0v) is 9.19. The Balaban J connectivity index is 1.90. The van der Waals surface area contributed by atoms with Crippen molar-refractivity contribution in [2.45, 2.75) is 38.1 Å². The Kier molecular flexibility index (Phi) is 3.27. The van der Waals surface area contributed by atoms with Crippen molar-refractivity contribution in [3.05, 3.63) is 12.2 Å². The smallest absolute Gasteiger partial charge is 0.307 e. The first-order valence-corrected chi connectivity index (χ1v) is 5.86. The molecule has 16 heavy (non-hydrogen) atoms. The zero-order chi connectivity index (χ0) is 11.5. The second-order valence-electron chi connectivity index (χ2n) is 4.63. The fourth-order valence-electron chi connectivity index (χ4n) is 2.61. The van der Waals surface area contributed by atoms with Gasteiger partial charge in [-0.25, -0.2) is 0 Å². The van der Waals surface area contributed by atoms with Gasteiger partial charge in [-0.05, 0) is 25.7 Å². The minimum absolute atomic E-state index is 0.0707. The summed E-state index contributed by atoms with van der Waals surface area (Å²) in [5, 5.41) is 11.9. The topological polar surface area (TPSA) is 66.4 Å². The van der Waals surface area contributed by atoms with Crippen LogP contribution in [-0.2, 0) is 9.59 Å². The molecule has 0 spiro atoms. The molecule has 0 heterocycles. The predicted octanol–water partition coefficient (Wildman–Crippen LogP) is 1.32. The van der Waals surface area contributed by atoms with Crippen molar-refractivity contribution in [2.24, 2.45) is 11.8 Å². The van der Waals surface area contributed by atoms with Gasteiger partial charge in [0.1, 0.15) is 0 Å². The number of nitrogens with one attached hydrogen (secondary N) is 1. The van der Waals surface area contributed by atoms with Gasteiger partial charge in [0, 0.05) is 6.04 Å². The van der Waals surface area contributed by atoms with Crippen molar-refractivity contribution >= 4 is 11.9 Å². The first-order chi connectivity index (χ1) is 7.68. The van der Waals surface area contributed by atoms with Crippen LogP contribution in [0.5, 0.6) is 0 Å². The first kappa shape index (κ1) is 11.2. The number of hydrogen-bond donors (Lipinski definition) is 2. The SMILES string of the molecule is O=C(O)[C@H]1CCC[C@H]1C(=O)NC1CC=CC1. The fraction of sp³-hybridized carbons (Fsp3) is 0.667. The van der Waals surface area contributed by atoms with Gasteiger partial charge in [0.25, 0.3) is 0 Å². The molecule has 0 bridgehead atoms. The van der Waals surface area contributed by atoms with E-state index in [1.807, 2.05) is 12.2 Å². The van der Waals surface area contributed by atoms with Crippen LogP contribution in [0.15, 0.2) is 12.2 Å². The Morgan fingerprint density at radius 2 is 1.75 bits per heavy atom. The average molecular weight is 223 g/mol. The van der Waals surface area contributed by atoms with E-state index in [4.69, 9.17) is 5.11 Å². The number of rotatable bonds is 3. The maximum absolute atomic E-state index is 11.9. The van der Waals surface area contributed by atoms with E-state index in [0.29, 0.717) is 12.8 Å². The first-order valence-electron chi connectivity index (χ1n) is 5.86. The summed E-state index contributed by atoms with van der Waals surface area (Å²) in [7, 11) is 0. The van der Waals surface area contributed by atoms with Gasteiger partial charge in [0.05, 0.1) is 11.8 Å². The second kappa shape index (κ2) is 4.68. The molecule has 4 heteroatoms. The standard InChI is InChI=1S/C12H17NO3/c14-11(13-8-4-1-2-5-8)9-6-3-7-10(9)12(15)16/h1-2,8-10H,3-7H2,(H,13,14)(H,15,16)/t9-,10+/m1/s1. The Morgan fingerprint density at radius 1 is 1.12 bits per heavy atom. The van der Waals surface area contributed by atoms with E-state index in [2.05, 4.69) is 5.32 Å². The maximum Gasteiger partial charge on any atom is 0.307 e. The van der Waals surface area contributed by atoms with Gasteiger partial charge in [0.15, 0.2) is 0 Å². The molecule has 0 unspecified atom stereocenters. The average Bonchev–Trinajstić information content (AvgIpc) is 2.86. The van der Waals surface area contributed by atoms with Crippen LogP contribution in [0.2, 0.25) is 0 Å². The molecular weight excluding hydrogens is 206 g/mol. The molecular formula is C12H17NO3. The quantitative estimate of drug-likeness (QED) is 0.709. The molecule has 88 valence electrons. The van der Waals surface area contributed by atoms with Crippen molar-refractivity contribution in [3.63, 3.8) is 0 Å². The molecule has 2 rings (SSSR count). The molecule has 2 N–H and O–H groups in total. The van der Waals surface area contributed by atoms with E-state index in [-0.39, 0.29) is 17.9 Å². The van der Waals surface area contributed by atoms with Gasteiger partial charge in [-0.15, -0.1) is 0 Å². The third-order valence-corrected chi connectivity index (χ3v) is 3.52. The fourth-order valence-corrected chi connectivity index (χ4v) is 2.61. The molecule has 0 saturated heterocycles. The summed E-state index contributed by atoms with van der Waals surface area (Å²) in [6.45, 7) is 0. The molecule has 0 aromatic carbocycles. The molecule has 2 aliphatic carbocycles. The van der Waals surface area contributed by atoms with E-state index >= 15 is 0 Å². The summed E-state index contributed by atoms with van der Waals surface area (Å²) in [5.41, 5.74) is 0. The summed E-state index contributed by atoms with van der Waals surface area (Å²) in [6, 6.07) is 0.183. The lowest BCUT2D eigenvalue weighted by Crippen LogP contribution is -2.40. The third kappa shape index (κ3) is 2.26. The Hall–Kier alpha value is -1.32. The maximum atomic E-state index is 11.9. The van der Waals surface area contributed by atoms with Gasteiger partial charge in [-0.3, -0.25) is 9.59 Å². The summed E-state index contributed by atoms with van der Waals surface area (Å²) in [5.74, 6) is -1.70. The van der Waals surface area contributed by atoms with E-state index in [1.165, 1.54) is 0 Å². The molecule has 0 aromatic rings. The van der Waals surface area contributed by atoms with Crippen molar-refractivity contribution in [1.82, 2.24) is 5.32 Å². The van der Waals surface area contributed by atoms with E-state index < -0.39 is 11.9 Å². The van der Waals surface area contributed by atoms with Crippen LogP contribution < -0.4 is 5.32 Å². The highest BCUT2D eigenvalue weighted by atomic mass is 16.4. The van der Waals surface area contributed by atoms with Crippen LogP contribution in [0.3, 0.4) is 0 Å². The highest BCUT2D eigenvalue weighted by Gasteiger charge is 2.38. The monoisotopic (exact) mass is 223 g/mol. The summed E-state index contributed by atoms with van der Waals surface area (Å²) in [4.78, 5) is 22.9. The van der Waals surface area contributed by atoms with Crippen LogP contribution in [0.1, 0.15) is 32.1 Å². The Morgan fingerprint density at radius 3 is 2.38 bits per heavy atom. The van der Waals surface area contributed by atoms with Gasteiger partial charge in [-0.2, -0.15) is 0 Å². The van der Waals surface area contributed by atoms with Crippen LogP contribution in [-0.4, -0.2) is 23.0 Å². The number of amides is 1. The molecule has 4 nitrogen and oxygen atoms in total. The number of carboxylic acid groups (broad SMARTS) is 1. The van der Waals surface area contributed by atoms with Gasteiger partial charge < -0.3 is 10.4 Å². The molecule has 0 radical (unpaired) electrons. The van der Waals surface area contributed by atoms with Gasteiger partial charge in [0.2, 0.25) is 5.91 Å². The van der Waals surface area contributed by atoms with Crippen molar-refractivity contribution in [3.8, 4) is 0 Å². The summed E-state index contributed by atoms with van der Waals surface area (Å²) < 4.78 is 0. The third-order valence-electron chi connectivity index (χ3n) is 3.52. The molecule has 1 saturated carbocycles. The number of hydrogen-bond acceptors (Lipinski definition) is 2. The van der Waals surface area contributed by atoms with Gasteiger partial charge in [-0.1, -0.05) is 18.6 Å². The predicted molar refractivity (Wildman–Crippen MR) is 58.8 cm³/mol.